The normalized spacial score (nSPS) is 24.9. The zero-order valence-corrected chi connectivity index (χ0v) is 16.2. The zero-order chi connectivity index (χ0) is 20.1. The van der Waals surface area contributed by atoms with Crippen molar-refractivity contribution in [1.82, 2.24) is 14.9 Å². The van der Waals surface area contributed by atoms with Crippen molar-refractivity contribution in [2.75, 3.05) is 43.9 Å². The fourth-order valence-electron chi connectivity index (χ4n) is 3.96. The Labute approximate surface area is 161 Å². The highest BCUT2D eigenvalue weighted by atomic mass is 32.2. The quantitative estimate of drug-likeness (QED) is 0.636. The number of sulfone groups is 1. The Morgan fingerprint density at radius 2 is 1.86 bits per heavy atom. The molecule has 4 rings (SSSR count). The summed E-state index contributed by atoms with van der Waals surface area (Å²) >= 11 is 0. The average Bonchev–Trinajstić information content (AvgIpc) is 3.28. The van der Waals surface area contributed by atoms with Gasteiger partial charge in [0.1, 0.15) is 12.4 Å². The molecule has 0 aromatic carbocycles. The molecule has 3 aliphatic rings. The standard InChI is InChI=1S/C17H22F2N4O4S/c1-28(25,26)17-20-13(10-2-3-10)4-14(21-17)22-5-11-7-23(8-12(11)6-22)15(24)9-27-16(18)19/h4,10-12,16H,2-3,5-9H2,1H3/t11-,12+. The van der Waals surface area contributed by atoms with Gasteiger partial charge in [0.25, 0.3) is 0 Å². The number of anilines is 1. The van der Waals surface area contributed by atoms with Gasteiger partial charge in [-0.25, -0.2) is 18.4 Å². The van der Waals surface area contributed by atoms with Gasteiger partial charge in [-0.15, -0.1) is 0 Å². The summed E-state index contributed by atoms with van der Waals surface area (Å²) in [5.41, 5.74) is 0.767. The Bertz CT molecular complexity index is 864. The van der Waals surface area contributed by atoms with Gasteiger partial charge in [-0.3, -0.25) is 4.79 Å². The smallest absolute Gasteiger partial charge is 0.345 e. The number of ether oxygens (including phenoxy) is 1. The largest absolute Gasteiger partial charge is 0.356 e. The van der Waals surface area contributed by atoms with E-state index in [9.17, 15) is 22.0 Å². The molecule has 28 heavy (non-hydrogen) atoms. The topological polar surface area (TPSA) is 92.7 Å². The number of aromatic nitrogens is 2. The summed E-state index contributed by atoms with van der Waals surface area (Å²) < 4.78 is 52.3. The van der Waals surface area contributed by atoms with Crippen LogP contribution in [0.1, 0.15) is 24.5 Å². The number of carbonyl (C=O) groups is 1. The monoisotopic (exact) mass is 416 g/mol. The fraction of sp³-hybridized carbons (Fsp3) is 0.706. The molecule has 2 aliphatic heterocycles. The molecule has 3 heterocycles. The molecule has 0 radical (unpaired) electrons. The van der Waals surface area contributed by atoms with Crippen LogP contribution in [0.3, 0.4) is 0 Å². The third kappa shape index (κ3) is 4.09. The number of hydrogen-bond donors (Lipinski definition) is 0. The first-order valence-electron chi connectivity index (χ1n) is 9.22. The van der Waals surface area contributed by atoms with Crippen LogP contribution < -0.4 is 4.90 Å². The number of carbonyl (C=O) groups excluding carboxylic acids is 1. The van der Waals surface area contributed by atoms with Crippen LogP contribution in [0.5, 0.6) is 0 Å². The molecule has 1 aliphatic carbocycles. The van der Waals surface area contributed by atoms with Crippen LogP contribution in [0.2, 0.25) is 0 Å². The minimum Gasteiger partial charge on any atom is -0.356 e. The molecule has 0 bridgehead atoms. The van der Waals surface area contributed by atoms with Crippen LogP contribution in [0.4, 0.5) is 14.6 Å². The number of nitrogens with zero attached hydrogens (tertiary/aromatic N) is 4. The molecule has 1 aromatic rings. The van der Waals surface area contributed by atoms with Gasteiger partial charge in [0, 0.05) is 56.3 Å². The van der Waals surface area contributed by atoms with E-state index in [1.165, 1.54) is 0 Å². The summed E-state index contributed by atoms with van der Waals surface area (Å²) in [5, 5.41) is -0.148. The third-order valence-corrected chi connectivity index (χ3v) is 6.38. The van der Waals surface area contributed by atoms with Gasteiger partial charge in [-0.2, -0.15) is 8.78 Å². The molecule has 2 saturated heterocycles. The highest BCUT2D eigenvalue weighted by Crippen LogP contribution is 2.41. The molecule has 1 saturated carbocycles. The lowest BCUT2D eigenvalue weighted by Gasteiger charge is -2.23. The Balaban J connectivity index is 1.45. The summed E-state index contributed by atoms with van der Waals surface area (Å²) in [6, 6.07) is 1.87. The second kappa shape index (κ2) is 7.18. The van der Waals surface area contributed by atoms with E-state index in [0.29, 0.717) is 37.9 Å². The van der Waals surface area contributed by atoms with E-state index >= 15 is 0 Å². The maximum Gasteiger partial charge on any atom is 0.345 e. The number of alkyl halides is 2. The number of fused-ring (bicyclic) bond motifs is 1. The molecule has 0 N–H and O–H groups in total. The van der Waals surface area contributed by atoms with Crippen molar-refractivity contribution in [3.63, 3.8) is 0 Å². The molecule has 2 atom stereocenters. The summed E-state index contributed by atoms with van der Waals surface area (Å²) in [4.78, 5) is 24.1. The molecule has 8 nitrogen and oxygen atoms in total. The predicted molar refractivity (Wildman–Crippen MR) is 94.8 cm³/mol. The number of amides is 1. The molecule has 154 valence electrons. The Morgan fingerprint density at radius 3 is 2.39 bits per heavy atom. The maximum absolute atomic E-state index is 12.1. The molecular formula is C17H22F2N4O4S. The van der Waals surface area contributed by atoms with Gasteiger partial charge < -0.3 is 14.5 Å². The van der Waals surface area contributed by atoms with E-state index in [0.717, 1.165) is 24.8 Å². The second-order valence-electron chi connectivity index (χ2n) is 7.78. The molecule has 11 heteroatoms. The van der Waals surface area contributed by atoms with Crippen molar-refractivity contribution in [3.05, 3.63) is 11.8 Å². The first-order chi connectivity index (χ1) is 13.2. The fourth-order valence-corrected chi connectivity index (χ4v) is 4.49. The number of halogens is 2. The van der Waals surface area contributed by atoms with Gasteiger partial charge >= 0.3 is 6.61 Å². The van der Waals surface area contributed by atoms with E-state index in [4.69, 9.17) is 0 Å². The van der Waals surface area contributed by atoms with Crippen LogP contribution in [-0.4, -0.2) is 74.8 Å². The van der Waals surface area contributed by atoms with Crippen molar-refractivity contribution in [2.45, 2.75) is 30.5 Å². The van der Waals surface area contributed by atoms with Gasteiger partial charge in [0.05, 0.1) is 5.69 Å². The van der Waals surface area contributed by atoms with Crippen LogP contribution in [0, 0.1) is 11.8 Å². The maximum atomic E-state index is 12.1. The lowest BCUT2D eigenvalue weighted by molar-refractivity contribution is -0.159. The summed E-state index contributed by atoms with van der Waals surface area (Å²) in [5.74, 6) is 0.852. The van der Waals surface area contributed by atoms with Crippen molar-refractivity contribution in [2.24, 2.45) is 11.8 Å². The van der Waals surface area contributed by atoms with E-state index in [1.54, 1.807) is 4.90 Å². The van der Waals surface area contributed by atoms with Crippen molar-refractivity contribution in [3.8, 4) is 0 Å². The van der Waals surface area contributed by atoms with E-state index in [2.05, 4.69) is 14.7 Å². The summed E-state index contributed by atoms with van der Waals surface area (Å²) in [7, 11) is -3.51. The molecule has 0 spiro atoms. The summed E-state index contributed by atoms with van der Waals surface area (Å²) in [6.45, 7) is -1.35. The van der Waals surface area contributed by atoms with E-state index in [1.807, 2.05) is 11.0 Å². The van der Waals surface area contributed by atoms with Crippen LogP contribution in [-0.2, 0) is 19.4 Å². The van der Waals surface area contributed by atoms with Crippen molar-refractivity contribution < 1.29 is 26.7 Å². The molecule has 1 amide bonds. The number of likely N-dealkylation sites (tertiary alicyclic amines) is 1. The highest BCUT2D eigenvalue weighted by molar-refractivity contribution is 7.90. The van der Waals surface area contributed by atoms with Crippen LogP contribution in [0.15, 0.2) is 11.2 Å². The van der Waals surface area contributed by atoms with E-state index in [-0.39, 0.29) is 17.0 Å². The zero-order valence-electron chi connectivity index (χ0n) is 15.4. The minimum atomic E-state index is -3.51. The van der Waals surface area contributed by atoms with E-state index < -0.39 is 29.0 Å². The Hall–Kier alpha value is -1.88. The minimum absolute atomic E-state index is 0.148. The lowest BCUT2D eigenvalue weighted by Crippen LogP contribution is -2.36. The SMILES string of the molecule is CS(=O)(=O)c1nc(C2CC2)cc(N2C[C@H]3CN(C(=O)COC(F)F)C[C@H]3C2)n1. The first-order valence-corrected chi connectivity index (χ1v) is 11.1. The van der Waals surface area contributed by atoms with Crippen LogP contribution in [0.25, 0.3) is 0 Å². The first kappa shape index (κ1) is 19.4. The second-order valence-corrected chi connectivity index (χ2v) is 9.69. The molecule has 1 aromatic heterocycles. The Morgan fingerprint density at radius 1 is 1.21 bits per heavy atom. The van der Waals surface area contributed by atoms with Crippen LogP contribution >= 0.6 is 0 Å². The van der Waals surface area contributed by atoms with Crippen molar-refractivity contribution >= 4 is 21.6 Å². The predicted octanol–water partition coefficient (Wildman–Crippen LogP) is 0.891. The molecule has 0 unspecified atom stereocenters. The molecule has 3 fully saturated rings. The number of rotatable bonds is 6. The van der Waals surface area contributed by atoms with Gasteiger partial charge in [0.2, 0.25) is 20.9 Å². The van der Waals surface area contributed by atoms with Crippen molar-refractivity contribution in [1.29, 1.82) is 0 Å². The third-order valence-electron chi connectivity index (χ3n) is 5.53. The van der Waals surface area contributed by atoms with Gasteiger partial charge in [-0.1, -0.05) is 0 Å². The highest BCUT2D eigenvalue weighted by Gasteiger charge is 2.42. The van der Waals surface area contributed by atoms with Gasteiger partial charge in [-0.05, 0) is 12.8 Å². The lowest BCUT2D eigenvalue weighted by atomic mass is 10.0. The average molecular weight is 416 g/mol. The molecular weight excluding hydrogens is 394 g/mol. The van der Waals surface area contributed by atoms with Gasteiger partial charge in [0.15, 0.2) is 0 Å². The number of hydrogen-bond acceptors (Lipinski definition) is 7. The Kier molecular flexibility index (Phi) is 4.98. The summed E-state index contributed by atoms with van der Waals surface area (Å²) in [6.07, 6.45) is 3.11.